The summed E-state index contributed by atoms with van der Waals surface area (Å²) >= 11 is 0. The molecule has 0 amide bonds. The van der Waals surface area contributed by atoms with Crippen molar-refractivity contribution in [2.45, 2.75) is 63.2 Å². The van der Waals surface area contributed by atoms with Gasteiger partial charge >= 0.3 is 5.97 Å². The van der Waals surface area contributed by atoms with Crippen LogP contribution in [0, 0.1) is 0 Å². The van der Waals surface area contributed by atoms with E-state index in [-0.39, 0.29) is 5.56 Å². The second-order valence-electron chi connectivity index (χ2n) is 5.35. The quantitative estimate of drug-likeness (QED) is 0.606. The molecule has 1 atom stereocenters. The van der Waals surface area contributed by atoms with Crippen molar-refractivity contribution in [2.75, 3.05) is 5.75 Å². The molecule has 21 heavy (non-hydrogen) atoms. The van der Waals surface area contributed by atoms with E-state index in [1.165, 1.54) is 50.7 Å². The Morgan fingerprint density at radius 2 is 1.48 bits per heavy atom. The zero-order valence-electron chi connectivity index (χ0n) is 12.8. The molecule has 0 heterocycles. The monoisotopic (exact) mass is 310 g/mol. The number of unbranched alkanes of at least 4 members (excludes halogenated alkanes) is 7. The highest BCUT2D eigenvalue weighted by Crippen LogP contribution is 2.13. The van der Waals surface area contributed by atoms with Gasteiger partial charge in [0.25, 0.3) is 0 Å². The average molecular weight is 310 g/mol. The maximum atomic E-state index is 12.1. The summed E-state index contributed by atoms with van der Waals surface area (Å²) in [5, 5.41) is 8.82. The van der Waals surface area contributed by atoms with Crippen LogP contribution in [0.2, 0.25) is 0 Å². The van der Waals surface area contributed by atoms with Crippen molar-refractivity contribution in [1.82, 2.24) is 0 Å². The van der Waals surface area contributed by atoms with Crippen molar-refractivity contribution < 1.29 is 14.1 Å². The van der Waals surface area contributed by atoms with Gasteiger partial charge in [-0.3, -0.25) is 4.21 Å². The van der Waals surface area contributed by atoms with Crippen molar-refractivity contribution in [3.05, 3.63) is 29.8 Å². The van der Waals surface area contributed by atoms with E-state index in [2.05, 4.69) is 6.92 Å². The second kappa shape index (κ2) is 10.6. The molecule has 0 aliphatic rings. The van der Waals surface area contributed by atoms with Gasteiger partial charge in [-0.2, -0.15) is 0 Å². The highest BCUT2D eigenvalue weighted by molar-refractivity contribution is 7.85. The first-order valence-corrected chi connectivity index (χ1v) is 9.18. The van der Waals surface area contributed by atoms with E-state index >= 15 is 0 Å². The van der Waals surface area contributed by atoms with Crippen LogP contribution in [0.3, 0.4) is 0 Å². The molecule has 0 spiro atoms. The number of carboxylic acid groups (broad SMARTS) is 1. The van der Waals surface area contributed by atoms with Gasteiger partial charge in [0.2, 0.25) is 0 Å². The molecular weight excluding hydrogens is 284 g/mol. The summed E-state index contributed by atoms with van der Waals surface area (Å²) in [5.74, 6) is -0.281. The number of hydrogen-bond acceptors (Lipinski definition) is 2. The van der Waals surface area contributed by atoms with Gasteiger partial charge in [-0.05, 0) is 30.7 Å². The Morgan fingerprint density at radius 1 is 0.952 bits per heavy atom. The third kappa shape index (κ3) is 7.42. The minimum atomic E-state index is -1.01. The van der Waals surface area contributed by atoms with Crippen molar-refractivity contribution in [3.8, 4) is 0 Å². The molecule has 0 fully saturated rings. The molecule has 0 saturated heterocycles. The minimum Gasteiger partial charge on any atom is -0.478 e. The van der Waals surface area contributed by atoms with Crippen LogP contribution < -0.4 is 0 Å². The summed E-state index contributed by atoms with van der Waals surface area (Å²) in [5.41, 5.74) is 0.239. The molecule has 0 aliphatic carbocycles. The third-order valence-corrected chi connectivity index (χ3v) is 5.00. The Kier molecular flexibility index (Phi) is 8.99. The van der Waals surface area contributed by atoms with Crippen LogP contribution in [0.5, 0.6) is 0 Å². The molecule has 1 rings (SSSR count). The molecule has 0 aromatic heterocycles. The SMILES string of the molecule is CCCCCCCCCCS(=O)c1ccc(C(=O)O)cc1. The molecule has 4 heteroatoms. The molecule has 1 N–H and O–H groups in total. The Bertz CT molecular complexity index is 440. The number of carbonyl (C=O) groups is 1. The van der Waals surface area contributed by atoms with Gasteiger partial charge < -0.3 is 5.11 Å². The topological polar surface area (TPSA) is 54.4 Å². The lowest BCUT2D eigenvalue weighted by Gasteiger charge is -2.04. The molecule has 118 valence electrons. The molecule has 1 aromatic carbocycles. The normalized spacial score (nSPS) is 12.2. The molecule has 0 aliphatic heterocycles. The smallest absolute Gasteiger partial charge is 0.335 e. The van der Waals surface area contributed by atoms with Gasteiger partial charge in [-0.1, -0.05) is 51.9 Å². The second-order valence-corrected chi connectivity index (χ2v) is 6.92. The third-order valence-electron chi connectivity index (χ3n) is 3.55. The zero-order chi connectivity index (χ0) is 15.5. The Hall–Kier alpha value is -1.16. The predicted molar refractivity (Wildman–Crippen MR) is 87.3 cm³/mol. The standard InChI is InChI=1S/C17H26O3S/c1-2-3-4-5-6-7-8-9-14-21(20)16-12-10-15(11-13-16)17(18)19/h10-13H,2-9,14H2,1H3,(H,18,19). The summed E-state index contributed by atoms with van der Waals surface area (Å²) < 4.78 is 12.1. The largest absolute Gasteiger partial charge is 0.478 e. The fraction of sp³-hybridized carbons (Fsp3) is 0.588. The van der Waals surface area contributed by atoms with Crippen LogP contribution in [0.4, 0.5) is 0 Å². The average Bonchev–Trinajstić information content (AvgIpc) is 2.49. The van der Waals surface area contributed by atoms with Gasteiger partial charge in [-0.25, -0.2) is 4.79 Å². The minimum absolute atomic E-state index is 0.239. The van der Waals surface area contributed by atoms with Crippen molar-refractivity contribution >= 4 is 16.8 Å². The summed E-state index contributed by atoms with van der Waals surface area (Å²) in [6.07, 6.45) is 9.85. The maximum Gasteiger partial charge on any atom is 0.335 e. The van der Waals surface area contributed by atoms with Crippen LogP contribution in [-0.2, 0) is 10.8 Å². The first-order valence-electron chi connectivity index (χ1n) is 7.87. The van der Waals surface area contributed by atoms with E-state index in [1.807, 2.05) is 0 Å². The lowest BCUT2D eigenvalue weighted by atomic mass is 10.1. The first-order chi connectivity index (χ1) is 10.1. The van der Waals surface area contributed by atoms with Crippen LogP contribution in [0.1, 0.15) is 68.6 Å². The predicted octanol–water partition coefficient (Wildman–Crippen LogP) is 4.63. The fourth-order valence-corrected chi connectivity index (χ4v) is 3.38. The first kappa shape index (κ1) is 17.9. The zero-order valence-corrected chi connectivity index (χ0v) is 13.7. The molecule has 0 radical (unpaired) electrons. The van der Waals surface area contributed by atoms with Gasteiger partial charge in [-0.15, -0.1) is 0 Å². The van der Waals surface area contributed by atoms with E-state index in [4.69, 9.17) is 5.11 Å². The molecule has 0 saturated carbocycles. The van der Waals surface area contributed by atoms with E-state index in [0.29, 0.717) is 5.75 Å². The van der Waals surface area contributed by atoms with E-state index in [1.54, 1.807) is 12.1 Å². The van der Waals surface area contributed by atoms with Gasteiger partial charge in [0.05, 0.1) is 16.4 Å². The Labute approximate surface area is 130 Å². The van der Waals surface area contributed by atoms with E-state index in [0.717, 1.165) is 17.7 Å². The number of benzene rings is 1. The number of hydrogen-bond donors (Lipinski definition) is 1. The molecule has 1 aromatic rings. The summed E-state index contributed by atoms with van der Waals surface area (Å²) in [7, 11) is -1.01. The molecule has 3 nitrogen and oxygen atoms in total. The lowest BCUT2D eigenvalue weighted by molar-refractivity contribution is 0.0697. The highest BCUT2D eigenvalue weighted by Gasteiger charge is 2.06. The van der Waals surface area contributed by atoms with Gasteiger partial charge in [0, 0.05) is 10.6 Å². The summed E-state index contributed by atoms with van der Waals surface area (Å²) in [6.45, 7) is 2.22. The molecule has 1 unspecified atom stereocenters. The van der Waals surface area contributed by atoms with Crippen LogP contribution in [-0.4, -0.2) is 21.0 Å². The Morgan fingerprint density at radius 3 is 2.00 bits per heavy atom. The van der Waals surface area contributed by atoms with Crippen molar-refractivity contribution in [3.63, 3.8) is 0 Å². The van der Waals surface area contributed by atoms with Gasteiger partial charge in [0.1, 0.15) is 0 Å². The highest BCUT2D eigenvalue weighted by atomic mass is 32.2. The summed E-state index contributed by atoms with van der Waals surface area (Å²) in [4.78, 5) is 11.5. The summed E-state index contributed by atoms with van der Waals surface area (Å²) in [6, 6.07) is 6.35. The number of aromatic carboxylic acids is 1. The molecular formula is C17H26O3S. The fourth-order valence-electron chi connectivity index (χ4n) is 2.23. The Balaban J connectivity index is 2.17. The van der Waals surface area contributed by atoms with Crippen molar-refractivity contribution in [1.29, 1.82) is 0 Å². The van der Waals surface area contributed by atoms with Crippen LogP contribution in [0.15, 0.2) is 29.2 Å². The van der Waals surface area contributed by atoms with Crippen molar-refractivity contribution in [2.24, 2.45) is 0 Å². The van der Waals surface area contributed by atoms with Gasteiger partial charge in [0.15, 0.2) is 0 Å². The molecule has 0 bridgehead atoms. The van der Waals surface area contributed by atoms with Crippen LogP contribution >= 0.6 is 0 Å². The van der Waals surface area contributed by atoms with E-state index in [9.17, 15) is 9.00 Å². The van der Waals surface area contributed by atoms with Crippen LogP contribution in [0.25, 0.3) is 0 Å². The van der Waals surface area contributed by atoms with E-state index < -0.39 is 16.8 Å². The lowest BCUT2D eigenvalue weighted by Crippen LogP contribution is -2.00. The number of rotatable bonds is 11. The maximum absolute atomic E-state index is 12.1. The number of carboxylic acids is 1.